The molecule has 0 saturated heterocycles. The van der Waals surface area contributed by atoms with Crippen molar-refractivity contribution >= 4 is 17.5 Å². The molecule has 5 aliphatic rings. The first kappa shape index (κ1) is 19.1. The molecule has 5 heteroatoms. The first-order valence-electron chi connectivity index (χ1n) is 11.1. The van der Waals surface area contributed by atoms with Gasteiger partial charge in [-0.3, -0.25) is 14.4 Å². The van der Waals surface area contributed by atoms with Gasteiger partial charge in [-0.1, -0.05) is 19.4 Å². The van der Waals surface area contributed by atoms with Crippen LogP contribution in [0.1, 0.15) is 65.7 Å². The van der Waals surface area contributed by atoms with Crippen LogP contribution < -0.4 is 0 Å². The monoisotopic (exact) mass is 398 g/mol. The van der Waals surface area contributed by atoms with E-state index in [9.17, 15) is 14.4 Å². The first-order chi connectivity index (χ1) is 13.7. The lowest BCUT2D eigenvalue weighted by atomic mass is 9.47. The molecule has 0 aromatic heterocycles. The zero-order valence-electron chi connectivity index (χ0n) is 17.5. The highest BCUT2D eigenvalue weighted by atomic mass is 16.6. The van der Waals surface area contributed by atoms with Crippen molar-refractivity contribution in [3.63, 3.8) is 0 Å². The van der Waals surface area contributed by atoms with Gasteiger partial charge in [-0.2, -0.15) is 0 Å². The standard InChI is InChI=1S/C24H30O5/c1-12-10-16-14-5-4-13-11-18(26)21-22(29-21)24(13,3)15(14)8-9-23(16,2)20(12)17(25)6-7-19(27)28/h11-12,14-16,20H,4-10H2,1-3H3,(H,27,28)/t12-,14+,15-,16-,20+,23-,24-/m0/s1. The lowest BCUT2D eigenvalue weighted by Gasteiger charge is -2.56. The van der Waals surface area contributed by atoms with E-state index in [4.69, 9.17) is 9.84 Å². The van der Waals surface area contributed by atoms with E-state index in [-0.39, 0.29) is 41.2 Å². The fraction of sp³-hybridized carbons (Fsp3) is 0.708. The van der Waals surface area contributed by atoms with Gasteiger partial charge < -0.3 is 9.84 Å². The molecule has 0 spiro atoms. The summed E-state index contributed by atoms with van der Waals surface area (Å²) in [6.45, 7) is 6.74. The molecule has 0 aromatic rings. The van der Waals surface area contributed by atoms with E-state index in [0.29, 0.717) is 29.4 Å². The molecular formula is C24H30O5. The summed E-state index contributed by atoms with van der Waals surface area (Å²) in [5.41, 5.74) is 1.05. The number of aliphatic carboxylic acids is 1. The molecule has 5 nitrogen and oxygen atoms in total. The van der Waals surface area contributed by atoms with Gasteiger partial charge in [0.2, 0.25) is 11.5 Å². The molecule has 1 heterocycles. The third-order valence-corrected chi connectivity index (χ3v) is 9.24. The molecule has 1 aliphatic heterocycles. The van der Waals surface area contributed by atoms with Gasteiger partial charge in [0.05, 0.1) is 11.8 Å². The summed E-state index contributed by atoms with van der Waals surface area (Å²) in [5.74, 6) is 2.51. The zero-order valence-corrected chi connectivity index (χ0v) is 17.5. The Morgan fingerprint density at radius 2 is 1.97 bits per heavy atom. The van der Waals surface area contributed by atoms with Crippen LogP contribution in [-0.4, -0.2) is 22.6 Å². The summed E-state index contributed by atoms with van der Waals surface area (Å²) in [7, 11) is 0. The van der Waals surface area contributed by atoms with E-state index < -0.39 is 5.97 Å². The maximum Gasteiger partial charge on any atom is 0.303 e. The molecule has 29 heavy (non-hydrogen) atoms. The van der Waals surface area contributed by atoms with Gasteiger partial charge >= 0.3 is 5.97 Å². The van der Waals surface area contributed by atoms with Crippen molar-refractivity contribution in [1.82, 2.24) is 0 Å². The van der Waals surface area contributed by atoms with Crippen molar-refractivity contribution in [3.8, 4) is 0 Å². The molecule has 1 N–H and O–H groups in total. The molecule has 7 atom stereocenters. The highest BCUT2D eigenvalue weighted by molar-refractivity contribution is 6.07. The van der Waals surface area contributed by atoms with Crippen LogP contribution >= 0.6 is 0 Å². The molecule has 0 amide bonds. The summed E-state index contributed by atoms with van der Waals surface area (Å²) >= 11 is 0. The van der Waals surface area contributed by atoms with Crippen LogP contribution in [0.3, 0.4) is 0 Å². The van der Waals surface area contributed by atoms with Gasteiger partial charge in [-0.25, -0.2) is 0 Å². The van der Waals surface area contributed by atoms with E-state index in [1.165, 1.54) is 5.57 Å². The number of Topliss-reactive ketones (excluding diaryl/α,β-unsaturated/α-hetero) is 1. The van der Waals surface area contributed by atoms with Crippen molar-refractivity contribution in [1.29, 1.82) is 0 Å². The largest absolute Gasteiger partial charge is 0.481 e. The average Bonchev–Trinajstić information content (AvgIpc) is 3.41. The second-order valence-electron chi connectivity index (χ2n) is 10.5. The highest BCUT2D eigenvalue weighted by Crippen LogP contribution is 2.70. The quantitative estimate of drug-likeness (QED) is 0.764. The number of hydrogen-bond acceptors (Lipinski definition) is 4. The Balaban J connectivity index is 1.44. The fourth-order valence-corrected chi connectivity index (χ4v) is 8.00. The number of carbonyl (C=O) groups excluding carboxylic acids is 2. The molecule has 3 saturated carbocycles. The van der Waals surface area contributed by atoms with Crippen molar-refractivity contribution in [3.05, 3.63) is 23.2 Å². The van der Waals surface area contributed by atoms with Crippen LogP contribution in [0.4, 0.5) is 0 Å². The minimum absolute atomic E-state index is 0.0302. The van der Waals surface area contributed by atoms with Gasteiger partial charge in [-0.15, -0.1) is 0 Å². The van der Waals surface area contributed by atoms with Crippen LogP contribution in [0.5, 0.6) is 0 Å². The van der Waals surface area contributed by atoms with Crippen molar-refractivity contribution < 1.29 is 24.2 Å². The summed E-state index contributed by atoms with van der Waals surface area (Å²) in [4.78, 5) is 36.2. The van der Waals surface area contributed by atoms with Crippen LogP contribution in [0, 0.1) is 40.4 Å². The van der Waals surface area contributed by atoms with Crippen LogP contribution in [0.25, 0.3) is 0 Å². The molecule has 0 aromatic carbocycles. The second-order valence-corrected chi connectivity index (χ2v) is 10.5. The topological polar surface area (TPSA) is 84.0 Å². The number of fused-ring (bicyclic) bond motifs is 6. The lowest BCUT2D eigenvalue weighted by Crippen LogP contribution is -2.50. The maximum absolute atomic E-state index is 13.0. The fourth-order valence-electron chi connectivity index (χ4n) is 8.00. The van der Waals surface area contributed by atoms with Gasteiger partial charge in [-0.05, 0) is 74.2 Å². The van der Waals surface area contributed by atoms with Gasteiger partial charge in [0.15, 0.2) is 5.76 Å². The Labute approximate surface area is 171 Å². The predicted molar refractivity (Wildman–Crippen MR) is 106 cm³/mol. The number of rotatable bonds is 4. The van der Waals surface area contributed by atoms with E-state index in [2.05, 4.69) is 20.8 Å². The van der Waals surface area contributed by atoms with Crippen LogP contribution in [0.2, 0.25) is 0 Å². The normalized spacial score (nSPS) is 44.7. The van der Waals surface area contributed by atoms with Gasteiger partial charge in [0.25, 0.3) is 0 Å². The molecule has 156 valence electrons. The number of allylic oxidation sites excluding steroid dienone is 2. The van der Waals surface area contributed by atoms with Crippen molar-refractivity contribution in [2.75, 3.05) is 0 Å². The molecule has 0 bridgehead atoms. The smallest absolute Gasteiger partial charge is 0.303 e. The zero-order chi connectivity index (χ0) is 20.7. The molecule has 4 aliphatic carbocycles. The van der Waals surface area contributed by atoms with Crippen LogP contribution in [0.15, 0.2) is 23.2 Å². The Morgan fingerprint density at radius 1 is 1.21 bits per heavy atom. The third kappa shape index (κ3) is 2.48. The van der Waals surface area contributed by atoms with Crippen molar-refractivity contribution in [2.24, 2.45) is 40.4 Å². The molecule has 3 fully saturated rings. The number of carboxylic acids is 1. The van der Waals surface area contributed by atoms with E-state index >= 15 is 0 Å². The summed E-state index contributed by atoms with van der Waals surface area (Å²) in [5, 5.41) is 9.01. The maximum atomic E-state index is 13.0. The van der Waals surface area contributed by atoms with Gasteiger partial charge in [0, 0.05) is 12.3 Å². The summed E-state index contributed by atoms with van der Waals surface area (Å²) in [6, 6.07) is 0. The number of carbonyl (C=O) groups is 3. The van der Waals surface area contributed by atoms with E-state index in [1.807, 2.05) is 6.08 Å². The summed E-state index contributed by atoms with van der Waals surface area (Å²) < 4.78 is 5.70. The minimum Gasteiger partial charge on any atom is -0.481 e. The lowest BCUT2D eigenvalue weighted by molar-refractivity contribution is -0.140. The number of hydrogen-bond donors (Lipinski definition) is 1. The predicted octanol–water partition coefficient (Wildman–Crippen LogP) is 4.28. The molecular weight excluding hydrogens is 368 g/mol. The Bertz CT molecular complexity index is 882. The van der Waals surface area contributed by atoms with Gasteiger partial charge in [0.1, 0.15) is 5.78 Å². The number of carboxylic acid groups (broad SMARTS) is 1. The van der Waals surface area contributed by atoms with Crippen LogP contribution in [-0.2, 0) is 19.1 Å². The number of ether oxygens (including phenoxy) is 1. The Hall–Kier alpha value is -1.91. The molecule has 0 unspecified atom stereocenters. The van der Waals surface area contributed by atoms with E-state index in [0.717, 1.165) is 37.9 Å². The Kier molecular flexibility index (Phi) is 3.98. The second kappa shape index (κ2) is 6.05. The number of ketones is 2. The minimum atomic E-state index is -0.894. The molecule has 5 rings (SSSR count). The van der Waals surface area contributed by atoms with Crippen molar-refractivity contribution in [2.45, 2.75) is 65.7 Å². The molecule has 0 radical (unpaired) electrons. The highest BCUT2D eigenvalue weighted by Gasteiger charge is 2.65. The SMILES string of the molecule is C[C@H]1C[C@H]2[C@@H]3CCC4=CC(=O)C5=C(O5)[C@]4(C)[C@H]3CC[C@]2(C)[C@H]1C(=O)CCC(=O)O. The first-order valence-corrected chi connectivity index (χ1v) is 11.1. The third-order valence-electron chi connectivity index (χ3n) is 9.24. The van der Waals surface area contributed by atoms with E-state index in [1.54, 1.807) is 0 Å². The summed E-state index contributed by atoms with van der Waals surface area (Å²) in [6.07, 6.45) is 6.99. The average molecular weight is 398 g/mol. The Morgan fingerprint density at radius 3 is 2.69 bits per heavy atom.